The first kappa shape index (κ1) is 18.1. The highest BCUT2D eigenvalue weighted by atomic mass is 19.1. The molecule has 1 atom stereocenters. The number of nitrogens with one attached hydrogen (secondary N) is 1. The molecule has 0 saturated heterocycles. The number of aromatic carboxylic acids is 1. The predicted molar refractivity (Wildman–Crippen MR) is 81.5 cm³/mol. The Morgan fingerprint density at radius 3 is 2.55 bits per heavy atom. The van der Waals surface area contributed by atoms with E-state index in [9.17, 15) is 14.0 Å². The van der Waals surface area contributed by atoms with E-state index in [4.69, 9.17) is 9.84 Å². The van der Waals surface area contributed by atoms with Gasteiger partial charge in [-0.2, -0.15) is 0 Å². The number of ether oxygens (including phenoxy) is 1. The van der Waals surface area contributed by atoms with Crippen LogP contribution >= 0.6 is 0 Å². The number of carbonyl (C=O) groups is 2. The van der Waals surface area contributed by atoms with E-state index in [2.05, 4.69) is 19.2 Å². The molecule has 1 rings (SSSR count). The number of anilines is 1. The van der Waals surface area contributed by atoms with Gasteiger partial charge in [0.15, 0.2) is 0 Å². The molecular formula is C16H22FNO4. The van der Waals surface area contributed by atoms with Crippen LogP contribution in [0.25, 0.3) is 0 Å². The summed E-state index contributed by atoms with van der Waals surface area (Å²) in [4.78, 5) is 22.4. The molecular weight excluding hydrogens is 289 g/mol. The van der Waals surface area contributed by atoms with Crippen LogP contribution in [-0.4, -0.2) is 29.7 Å². The lowest BCUT2D eigenvalue weighted by atomic mass is 10.1. The number of halogens is 1. The molecule has 5 nitrogen and oxygen atoms in total. The van der Waals surface area contributed by atoms with Crippen LogP contribution in [-0.2, 0) is 9.53 Å². The van der Waals surface area contributed by atoms with E-state index in [0.717, 1.165) is 12.5 Å². The molecule has 0 bridgehead atoms. The van der Waals surface area contributed by atoms with E-state index in [0.29, 0.717) is 5.92 Å². The molecule has 1 amide bonds. The molecule has 122 valence electrons. The van der Waals surface area contributed by atoms with Crippen LogP contribution in [0.15, 0.2) is 18.2 Å². The quantitative estimate of drug-likeness (QED) is 0.772. The lowest BCUT2D eigenvalue weighted by Crippen LogP contribution is -2.18. The molecule has 0 fully saturated rings. The molecule has 0 aliphatic rings. The van der Waals surface area contributed by atoms with Gasteiger partial charge in [-0.3, -0.25) is 4.79 Å². The van der Waals surface area contributed by atoms with Crippen LogP contribution < -0.4 is 5.32 Å². The summed E-state index contributed by atoms with van der Waals surface area (Å²) in [5, 5.41) is 11.1. The molecule has 0 aliphatic carbocycles. The number of carboxylic acid groups (broad SMARTS) is 1. The van der Waals surface area contributed by atoms with Crippen molar-refractivity contribution in [1.29, 1.82) is 0 Å². The summed E-state index contributed by atoms with van der Waals surface area (Å²) in [5.74, 6) is -1.85. The second-order valence-corrected chi connectivity index (χ2v) is 5.61. The predicted octanol–water partition coefficient (Wildman–Crippen LogP) is 3.30. The molecule has 1 aromatic rings. The zero-order valence-electron chi connectivity index (χ0n) is 13.1. The van der Waals surface area contributed by atoms with Gasteiger partial charge in [-0.1, -0.05) is 13.8 Å². The monoisotopic (exact) mass is 311 g/mol. The number of carboxylic acids is 1. The number of rotatable bonds is 8. The van der Waals surface area contributed by atoms with Gasteiger partial charge in [0.25, 0.3) is 0 Å². The molecule has 0 saturated carbocycles. The topological polar surface area (TPSA) is 75.6 Å². The second kappa shape index (κ2) is 8.48. The third-order valence-corrected chi connectivity index (χ3v) is 3.02. The van der Waals surface area contributed by atoms with Gasteiger partial charge in [0.1, 0.15) is 5.82 Å². The van der Waals surface area contributed by atoms with E-state index in [1.165, 1.54) is 12.1 Å². The van der Waals surface area contributed by atoms with E-state index in [1.54, 1.807) is 0 Å². The van der Waals surface area contributed by atoms with Crippen LogP contribution in [0.4, 0.5) is 10.1 Å². The average molecular weight is 311 g/mol. The highest BCUT2D eigenvalue weighted by Gasteiger charge is 2.11. The Bertz CT molecular complexity index is 531. The maximum Gasteiger partial charge on any atom is 0.335 e. The Kier molecular flexibility index (Phi) is 6.98. The van der Waals surface area contributed by atoms with Crippen LogP contribution in [0.3, 0.4) is 0 Å². The fourth-order valence-electron chi connectivity index (χ4n) is 2.05. The minimum atomic E-state index is -1.22. The van der Waals surface area contributed by atoms with Gasteiger partial charge in [0, 0.05) is 0 Å². The second-order valence-electron chi connectivity index (χ2n) is 5.61. The molecule has 2 N–H and O–H groups in total. The molecule has 1 unspecified atom stereocenters. The summed E-state index contributed by atoms with van der Waals surface area (Å²) in [6.07, 6.45) is 1.09. The summed E-state index contributed by atoms with van der Waals surface area (Å²) in [5.41, 5.74) is -0.202. The normalized spacial score (nSPS) is 12.2. The summed E-state index contributed by atoms with van der Waals surface area (Å²) in [7, 11) is 0. The third kappa shape index (κ3) is 6.22. The molecule has 0 aliphatic heterocycles. The summed E-state index contributed by atoms with van der Waals surface area (Å²) >= 11 is 0. The van der Waals surface area contributed by atoms with Crippen molar-refractivity contribution in [3.63, 3.8) is 0 Å². The van der Waals surface area contributed by atoms with Crippen molar-refractivity contribution in [2.24, 2.45) is 5.92 Å². The van der Waals surface area contributed by atoms with Gasteiger partial charge in [-0.05, 0) is 37.5 Å². The Morgan fingerprint density at radius 2 is 2.00 bits per heavy atom. The van der Waals surface area contributed by atoms with E-state index >= 15 is 0 Å². The highest BCUT2D eigenvalue weighted by Crippen LogP contribution is 2.16. The first-order chi connectivity index (χ1) is 10.3. The van der Waals surface area contributed by atoms with Gasteiger partial charge in [0.05, 0.1) is 30.4 Å². The largest absolute Gasteiger partial charge is 0.478 e. The Hall–Kier alpha value is -1.95. The lowest BCUT2D eigenvalue weighted by molar-refractivity contribution is -0.117. The number of hydrogen-bond acceptors (Lipinski definition) is 3. The van der Waals surface area contributed by atoms with Gasteiger partial charge in [-0.25, -0.2) is 9.18 Å². The third-order valence-electron chi connectivity index (χ3n) is 3.02. The van der Waals surface area contributed by atoms with Crippen molar-refractivity contribution in [3.05, 3.63) is 29.6 Å². The minimum absolute atomic E-state index is 0.0368. The van der Waals surface area contributed by atoms with E-state index in [-0.39, 0.29) is 36.3 Å². The fraction of sp³-hybridized carbons (Fsp3) is 0.500. The molecule has 1 aromatic carbocycles. The highest BCUT2D eigenvalue weighted by molar-refractivity contribution is 5.92. The minimum Gasteiger partial charge on any atom is -0.478 e. The van der Waals surface area contributed by atoms with Gasteiger partial charge in [-0.15, -0.1) is 0 Å². The molecule has 6 heteroatoms. The van der Waals surface area contributed by atoms with Crippen molar-refractivity contribution in [3.8, 4) is 0 Å². The summed E-state index contributed by atoms with van der Waals surface area (Å²) in [6, 6.07) is 3.35. The van der Waals surface area contributed by atoms with Gasteiger partial charge >= 0.3 is 5.97 Å². The lowest BCUT2D eigenvalue weighted by Gasteiger charge is -2.15. The van der Waals surface area contributed by atoms with E-state index < -0.39 is 11.8 Å². The maximum absolute atomic E-state index is 13.7. The van der Waals surface area contributed by atoms with Crippen molar-refractivity contribution >= 4 is 17.6 Å². The molecule has 0 spiro atoms. The zero-order valence-corrected chi connectivity index (χ0v) is 13.1. The fourth-order valence-corrected chi connectivity index (χ4v) is 2.05. The standard InChI is InChI=1S/C16H22FNO4/c1-10(2)8-11(3)22-7-6-15(19)18-14-5-4-12(16(20)21)9-13(14)17/h4-5,9-11H,6-8H2,1-3H3,(H,18,19)(H,20,21). The first-order valence-corrected chi connectivity index (χ1v) is 7.24. The maximum atomic E-state index is 13.7. The molecule has 22 heavy (non-hydrogen) atoms. The molecule has 0 aromatic heterocycles. The number of hydrogen-bond donors (Lipinski definition) is 2. The van der Waals surface area contributed by atoms with Crippen LogP contribution in [0.5, 0.6) is 0 Å². The van der Waals surface area contributed by atoms with Crippen LogP contribution in [0, 0.1) is 11.7 Å². The van der Waals surface area contributed by atoms with Crippen molar-refractivity contribution in [1.82, 2.24) is 0 Å². The number of benzene rings is 1. The Morgan fingerprint density at radius 1 is 1.32 bits per heavy atom. The Labute approximate surface area is 129 Å². The summed E-state index contributed by atoms with van der Waals surface area (Å²) in [6.45, 7) is 6.39. The Balaban J connectivity index is 2.44. The van der Waals surface area contributed by atoms with Crippen LogP contribution in [0.1, 0.15) is 44.0 Å². The van der Waals surface area contributed by atoms with Crippen molar-refractivity contribution < 1.29 is 23.8 Å². The zero-order chi connectivity index (χ0) is 16.7. The van der Waals surface area contributed by atoms with Gasteiger partial charge < -0.3 is 15.2 Å². The number of carbonyl (C=O) groups excluding carboxylic acids is 1. The summed E-state index contributed by atoms with van der Waals surface area (Å²) < 4.78 is 19.2. The first-order valence-electron chi connectivity index (χ1n) is 7.24. The SMILES string of the molecule is CC(C)CC(C)OCCC(=O)Nc1ccc(C(=O)O)cc1F. The molecule has 0 heterocycles. The smallest absolute Gasteiger partial charge is 0.335 e. The van der Waals surface area contributed by atoms with Crippen molar-refractivity contribution in [2.45, 2.75) is 39.7 Å². The molecule has 0 radical (unpaired) electrons. The van der Waals surface area contributed by atoms with Crippen molar-refractivity contribution in [2.75, 3.05) is 11.9 Å². The average Bonchev–Trinajstić information content (AvgIpc) is 2.39. The van der Waals surface area contributed by atoms with E-state index in [1.807, 2.05) is 6.92 Å². The van der Waals surface area contributed by atoms with Gasteiger partial charge in [0.2, 0.25) is 5.91 Å². The number of amides is 1. The van der Waals surface area contributed by atoms with Crippen LogP contribution in [0.2, 0.25) is 0 Å².